The second-order valence-electron chi connectivity index (χ2n) is 6.03. The Morgan fingerprint density at radius 2 is 2.15 bits per heavy atom. The Morgan fingerprint density at radius 3 is 2.75 bits per heavy atom. The average molecular weight is 283 g/mol. The van der Waals surface area contributed by atoms with Crippen LogP contribution in [0.2, 0.25) is 0 Å². The third kappa shape index (κ3) is 3.18. The molecule has 1 aromatic carbocycles. The van der Waals surface area contributed by atoms with E-state index >= 15 is 0 Å². The van der Waals surface area contributed by atoms with Gasteiger partial charge in [0.05, 0.1) is 5.60 Å². The van der Waals surface area contributed by atoms with Crippen LogP contribution < -0.4 is 5.73 Å². The van der Waals surface area contributed by atoms with Gasteiger partial charge in [0.2, 0.25) is 0 Å². The lowest BCUT2D eigenvalue weighted by atomic mass is 9.73. The molecule has 0 bridgehead atoms. The summed E-state index contributed by atoms with van der Waals surface area (Å²) in [5.74, 6) is -1.06. The lowest BCUT2D eigenvalue weighted by Crippen LogP contribution is -2.53. The Balaban J connectivity index is 2.12. The van der Waals surface area contributed by atoms with E-state index in [0.29, 0.717) is 17.9 Å². The van der Waals surface area contributed by atoms with Crippen molar-refractivity contribution in [2.24, 2.45) is 11.7 Å². The summed E-state index contributed by atoms with van der Waals surface area (Å²) < 4.78 is 32.0. The summed E-state index contributed by atoms with van der Waals surface area (Å²) in [6, 6.07) is 3.76. The fourth-order valence-corrected chi connectivity index (χ4v) is 3.32. The standard InChI is InChI=1S/C16H23F2NO/c1-11-4-3-7-16(10-11,20-2)15(19)9-12-5-6-13(17)14(18)8-12/h5-6,8,11,15H,3-4,7,9-10,19H2,1-2H3. The Hall–Kier alpha value is -1.00. The number of rotatable bonds is 4. The molecule has 2 N–H and O–H groups in total. The molecule has 0 aliphatic heterocycles. The predicted octanol–water partition coefficient (Wildman–Crippen LogP) is 3.43. The molecule has 4 heteroatoms. The summed E-state index contributed by atoms with van der Waals surface area (Å²) in [6.45, 7) is 2.21. The maximum Gasteiger partial charge on any atom is 0.159 e. The van der Waals surface area contributed by atoms with E-state index in [0.717, 1.165) is 25.3 Å². The lowest BCUT2D eigenvalue weighted by Gasteiger charge is -2.43. The molecule has 2 rings (SSSR count). The molecule has 1 aromatic rings. The van der Waals surface area contributed by atoms with Crippen molar-refractivity contribution in [2.45, 2.75) is 50.7 Å². The van der Waals surface area contributed by atoms with Crippen LogP contribution in [0.3, 0.4) is 0 Å². The predicted molar refractivity (Wildman–Crippen MR) is 75.4 cm³/mol. The smallest absolute Gasteiger partial charge is 0.159 e. The monoisotopic (exact) mass is 283 g/mol. The summed E-state index contributed by atoms with van der Waals surface area (Å²) in [7, 11) is 1.70. The molecule has 2 nitrogen and oxygen atoms in total. The van der Waals surface area contributed by atoms with Crippen molar-refractivity contribution in [2.75, 3.05) is 7.11 Å². The largest absolute Gasteiger partial charge is 0.377 e. The minimum atomic E-state index is -0.824. The zero-order chi connectivity index (χ0) is 14.8. The molecular formula is C16H23F2NO. The fourth-order valence-electron chi connectivity index (χ4n) is 3.32. The third-order valence-electron chi connectivity index (χ3n) is 4.51. The van der Waals surface area contributed by atoms with Gasteiger partial charge in [-0.15, -0.1) is 0 Å². The van der Waals surface area contributed by atoms with Crippen molar-refractivity contribution < 1.29 is 13.5 Å². The van der Waals surface area contributed by atoms with Crippen LogP contribution in [0.1, 0.15) is 38.2 Å². The molecule has 0 heterocycles. The second-order valence-corrected chi connectivity index (χ2v) is 6.03. The Kier molecular flexibility index (Phi) is 4.76. The zero-order valence-corrected chi connectivity index (χ0v) is 12.2. The second kappa shape index (κ2) is 6.19. The highest BCUT2D eigenvalue weighted by Gasteiger charge is 2.40. The molecule has 0 spiro atoms. The molecule has 1 fully saturated rings. The highest BCUT2D eigenvalue weighted by atomic mass is 19.2. The topological polar surface area (TPSA) is 35.2 Å². The molecule has 1 aliphatic rings. The van der Waals surface area contributed by atoms with Crippen LogP contribution >= 0.6 is 0 Å². The number of benzene rings is 1. The van der Waals surface area contributed by atoms with Crippen molar-refractivity contribution in [3.8, 4) is 0 Å². The summed E-state index contributed by atoms with van der Waals surface area (Å²) >= 11 is 0. The van der Waals surface area contributed by atoms with Gasteiger partial charge in [0.1, 0.15) is 0 Å². The van der Waals surface area contributed by atoms with E-state index in [9.17, 15) is 8.78 Å². The van der Waals surface area contributed by atoms with Crippen LogP contribution in [-0.2, 0) is 11.2 Å². The molecule has 0 amide bonds. The van der Waals surface area contributed by atoms with Crippen molar-refractivity contribution in [1.29, 1.82) is 0 Å². The van der Waals surface area contributed by atoms with Gasteiger partial charge >= 0.3 is 0 Å². The van der Waals surface area contributed by atoms with Gasteiger partial charge < -0.3 is 10.5 Å². The van der Waals surface area contributed by atoms with Crippen molar-refractivity contribution >= 4 is 0 Å². The summed E-state index contributed by atoms with van der Waals surface area (Å²) in [5, 5.41) is 0. The van der Waals surface area contributed by atoms with Crippen molar-refractivity contribution in [3.05, 3.63) is 35.4 Å². The lowest BCUT2D eigenvalue weighted by molar-refractivity contribution is -0.0705. The maximum absolute atomic E-state index is 13.3. The van der Waals surface area contributed by atoms with E-state index in [-0.39, 0.29) is 11.6 Å². The molecule has 3 unspecified atom stereocenters. The van der Waals surface area contributed by atoms with Gasteiger partial charge in [-0.2, -0.15) is 0 Å². The first kappa shape index (κ1) is 15.4. The highest BCUT2D eigenvalue weighted by molar-refractivity contribution is 5.20. The van der Waals surface area contributed by atoms with E-state index in [2.05, 4.69) is 6.92 Å². The molecule has 0 radical (unpaired) electrons. The first-order chi connectivity index (χ1) is 9.47. The number of hydrogen-bond acceptors (Lipinski definition) is 2. The van der Waals surface area contributed by atoms with Crippen LogP contribution in [0.25, 0.3) is 0 Å². The van der Waals surface area contributed by atoms with E-state index in [1.54, 1.807) is 13.2 Å². The Labute approximate surface area is 119 Å². The summed E-state index contributed by atoms with van der Waals surface area (Å²) in [4.78, 5) is 0. The number of methoxy groups -OCH3 is 1. The maximum atomic E-state index is 13.3. The highest BCUT2D eigenvalue weighted by Crippen LogP contribution is 2.37. The molecule has 3 atom stereocenters. The van der Waals surface area contributed by atoms with Gasteiger partial charge in [0, 0.05) is 13.2 Å². The SMILES string of the molecule is COC1(C(N)Cc2ccc(F)c(F)c2)CCCC(C)C1. The Morgan fingerprint density at radius 1 is 1.40 bits per heavy atom. The number of halogens is 2. The van der Waals surface area contributed by atoms with E-state index in [1.807, 2.05) is 0 Å². The van der Waals surface area contributed by atoms with Crippen LogP contribution in [0.15, 0.2) is 18.2 Å². The summed E-state index contributed by atoms with van der Waals surface area (Å²) in [6.07, 6.45) is 4.65. The van der Waals surface area contributed by atoms with Gasteiger partial charge in [-0.1, -0.05) is 25.8 Å². The van der Waals surface area contributed by atoms with Crippen LogP contribution in [-0.4, -0.2) is 18.8 Å². The van der Waals surface area contributed by atoms with Gasteiger partial charge in [0.25, 0.3) is 0 Å². The molecule has 0 saturated heterocycles. The van der Waals surface area contributed by atoms with Crippen molar-refractivity contribution in [1.82, 2.24) is 0 Å². The summed E-state index contributed by atoms with van der Waals surface area (Å²) in [5.41, 5.74) is 6.70. The minimum absolute atomic E-state index is 0.208. The van der Waals surface area contributed by atoms with Gasteiger partial charge in [-0.3, -0.25) is 0 Å². The normalized spacial score (nSPS) is 28.4. The molecule has 20 heavy (non-hydrogen) atoms. The average Bonchev–Trinajstić information content (AvgIpc) is 2.42. The molecule has 1 aliphatic carbocycles. The quantitative estimate of drug-likeness (QED) is 0.919. The van der Waals surface area contributed by atoms with Crippen molar-refractivity contribution in [3.63, 3.8) is 0 Å². The first-order valence-corrected chi connectivity index (χ1v) is 7.21. The van der Waals surface area contributed by atoms with E-state index in [1.165, 1.54) is 12.5 Å². The third-order valence-corrected chi connectivity index (χ3v) is 4.51. The van der Waals surface area contributed by atoms with Crippen LogP contribution in [0, 0.1) is 17.6 Å². The fraction of sp³-hybridized carbons (Fsp3) is 0.625. The first-order valence-electron chi connectivity index (χ1n) is 7.21. The molecule has 1 saturated carbocycles. The van der Waals surface area contributed by atoms with Gasteiger partial charge in [0.15, 0.2) is 11.6 Å². The van der Waals surface area contributed by atoms with Crippen LogP contribution in [0.5, 0.6) is 0 Å². The number of ether oxygens (including phenoxy) is 1. The molecular weight excluding hydrogens is 260 g/mol. The van der Waals surface area contributed by atoms with Gasteiger partial charge in [-0.05, 0) is 42.9 Å². The molecule has 112 valence electrons. The number of nitrogens with two attached hydrogens (primary N) is 1. The number of hydrogen-bond donors (Lipinski definition) is 1. The zero-order valence-electron chi connectivity index (χ0n) is 12.2. The van der Waals surface area contributed by atoms with Crippen LogP contribution in [0.4, 0.5) is 8.78 Å². The Bertz CT molecular complexity index is 466. The minimum Gasteiger partial charge on any atom is -0.377 e. The van der Waals surface area contributed by atoms with Gasteiger partial charge in [-0.25, -0.2) is 8.78 Å². The van der Waals surface area contributed by atoms with E-state index < -0.39 is 11.6 Å². The molecule has 0 aromatic heterocycles. The van der Waals surface area contributed by atoms with E-state index in [4.69, 9.17) is 10.5 Å².